The molecule has 0 amide bonds. The maximum atomic E-state index is 6.31. The van der Waals surface area contributed by atoms with Crippen LogP contribution in [-0.4, -0.2) is 20.4 Å². The number of hydrogen-bond acceptors (Lipinski definition) is 6. The lowest BCUT2D eigenvalue weighted by Crippen LogP contribution is -2.44. The molecule has 2 nitrogen and oxygen atoms in total. The fourth-order valence-corrected chi connectivity index (χ4v) is 28.6. The summed E-state index contributed by atoms with van der Waals surface area (Å²) in [5, 5.41) is 0. The van der Waals surface area contributed by atoms with Crippen LogP contribution >= 0.6 is 34.7 Å². The van der Waals surface area contributed by atoms with E-state index in [0.29, 0.717) is 0 Å². The Hall–Kier alpha value is 0.620. The Morgan fingerprint density at radius 1 is 0.692 bits per heavy atom. The summed E-state index contributed by atoms with van der Waals surface area (Å²) in [6.45, 7) is 6.16. The molecule has 26 heavy (non-hydrogen) atoms. The van der Waals surface area contributed by atoms with Crippen molar-refractivity contribution in [3.63, 3.8) is 0 Å². The van der Waals surface area contributed by atoms with E-state index in [1.165, 1.54) is 11.1 Å². The molecule has 3 rings (SSSR count). The summed E-state index contributed by atoms with van der Waals surface area (Å²) in [6, 6.07) is 21.3. The fraction of sp³-hybridized carbons (Fsp3) is 0.333. The van der Waals surface area contributed by atoms with Crippen molar-refractivity contribution in [2.45, 2.75) is 26.9 Å². The lowest BCUT2D eigenvalue weighted by molar-refractivity contribution is 0.535. The Labute approximate surface area is 177 Å². The van der Waals surface area contributed by atoms with E-state index in [2.05, 4.69) is 83.4 Å². The highest BCUT2D eigenvalue weighted by atomic mass is 33.1. The molecule has 1 aliphatic rings. The maximum absolute atomic E-state index is 6.31. The molecule has 1 heterocycles. The molecule has 0 aromatic heterocycles. The van der Waals surface area contributed by atoms with Crippen molar-refractivity contribution in [1.82, 2.24) is 8.88 Å². The highest BCUT2D eigenvalue weighted by Gasteiger charge is 2.71. The van der Waals surface area contributed by atoms with Crippen LogP contribution in [0.25, 0.3) is 0 Å². The van der Waals surface area contributed by atoms with Crippen molar-refractivity contribution in [3.8, 4) is 0 Å². The number of nitrogens with zero attached hydrogens (tertiary/aromatic N) is 2. The van der Waals surface area contributed by atoms with Gasteiger partial charge in [0.25, 0.3) is 0 Å². The van der Waals surface area contributed by atoms with E-state index in [1.807, 2.05) is 22.8 Å². The van der Waals surface area contributed by atoms with Gasteiger partial charge in [0.15, 0.2) is 11.9 Å². The van der Waals surface area contributed by atoms with Crippen molar-refractivity contribution in [1.29, 1.82) is 0 Å². The minimum absolute atomic E-state index is 0.876. The van der Waals surface area contributed by atoms with Crippen molar-refractivity contribution in [2.24, 2.45) is 0 Å². The van der Waals surface area contributed by atoms with Gasteiger partial charge in [0.1, 0.15) is 0 Å². The first-order valence-electron chi connectivity index (χ1n) is 8.68. The quantitative estimate of drug-likeness (QED) is 0.309. The molecule has 1 aliphatic heterocycles. The van der Waals surface area contributed by atoms with E-state index >= 15 is 0 Å². The third-order valence-corrected chi connectivity index (χ3v) is 24.4. The standard InChI is InChI=1S/C18H24N2P2S4/c1-3-25-21(23)19(15-17-11-7-5-8-12-17)22(24,26-4-2)20(21)16-18-13-9-6-10-14-18/h5-14H,3-4,15-16H2,1-2H3. The predicted octanol–water partition coefficient (Wildman–Crippen LogP) is 6.96. The molecule has 0 saturated carbocycles. The van der Waals surface area contributed by atoms with Gasteiger partial charge in [0, 0.05) is 34.3 Å². The molecule has 0 unspecified atom stereocenters. The van der Waals surface area contributed by atoms with Gasteiger partial charge in [-0.3, -0.25) is 0 Å². The average molecular weight is 459 g/mol. The van der Waals surface area contributed by atoms with Crippen molar-refractivity contribution >= 4 is 59.2 Å². The summed E-state index contributed by atoms with van der Waals surface area (Å²) in [6.07, 6.45) is 0. The lowest BCUT2D eigenvalue weighted by atomic mass is 10.2. The van der Waals surface area contributed by atoms with Gasteiger partial charge in [0.2, 0.25) is 0 Å². The first kappa shape index (κ1) is 21.3. The van der Waals surface area contributed by atoms with Gasteiger partial charge in [0.05, 0.1) is 13.1 Å². The molecule has 2 aromatic rings. The van der Waals surface area contributed by atoms with Gasteiger partial charge in [-0.05, 0) is 20.0 Å². The van der Waals surface area contributed by atoms with E-state index in [-0.39, 0.29) is 0 Å². The van der Waals surface area contributed by atoms with Crippen LogP contribution in [0.5, 0.6) is 0 Å². The second-order valence-corrected chi connectivity index (χ2v) is 21.1. The van der Waals surface area contributed by atoms with Crippen LogP contribution in [-0.2, 0) is 37.6 Å². The van der Waals surface area contributed by atoms with E-state index < -0.39 is 11.9 Å². The highest BCUT2D eigenvalue weighted by Crippen LogP contribution is 3.04. The van der Waals surface area contributed by atoms with Gasteiger partial charge in [-0.25, -0.2) is 0 Å². The number of benzene rings is 2. The monoisotopic (exact) mass is 458 g/mol. The summed E-state index contributed by atoms with van der Waals surface area (Å²) in [5.41, 5.74) is 2.62. The first-order chi connectivity index (χ1) is 12.5. The van der Waals surface area contributed by atoms with Crippen molar-refractivity contribution in [3.05, 3.63) is 71.8 Å². The minimum atomic E-state index is -1.85. The van der Waals surface area contributed by atoms with Crippen LogP contribution in [0.2, 0.25) is 0 Å². The Morgan fingerprint density at radius 3 is 1.35 bits per heavy atom. The molecule has 0 radical (unpaired) electrons. The zero-order chi connectivity index (χ0) is 18.6. The van der Waals surface area contributed by atoms with Crippen molar-refractivity contribution in [2.75, 3.05) is 11.5 Å². The molecule has 0 N–H and O–H groups in total. The number of rotatable bonds is 8. The van der Waals surface area contributed by atoms with Gasteiger partial charge in [-0.1, -0.05) is 74.5 Å². The van der Waals surface area contributed by atoms with Gasteiger partial charge in [-0.15, -0.1) is 0 Å². The second-order valence-electron chi connectivity index (χ2n) is 5.85. The topological polar surface area (TPSA) is 6.48 Å². The molecule has 140 valence electrons. The smallest absolute Gasteiger partial charge is 0.173 e. The molecular weight excluding hydrogens is 434 g/mol. The molecule has 0 atom stereocenters. The third kappa shape index (κ3) is 4.28. The largest absolute Gasteiger partial charge is 0.498 e. The third-order valence-electron chi connectivity index (χ3n) is 4.10. The van der Waals surface area contributed by atoms with Crippen LogP contribution < -0.4 is 0 Å². The fourth-order valence-electron chi connectivity index (χ4n) is 2.95. The number of hydrogen-bond donors (Lipinski definition) is 0. The normalized spacial score (nSPS) is 26.6. The second kappa shape index (κ2) is 9.41. The van der Waals surface area contributed by atoms with E-state index in [1.54, 1.807) is 0 Å². The first-order valence-corrected chi connectivity index (χ1v) is 17.3. The van der Waals surface area contributed by atoms with Gasteiger partial charge >= 0.3 is 0 Å². The zero-order valence-electron chi connectivity index (χ0n) is 15.0. The summed E-state index contributed by atoms with van der Waals surface area (Å²) >= 11 is 16.5. The van der Waals surface area contributed by atoms with Crippen LogP contribution in [0.15, 0.2) is 60.7 Å². The summed E-state index contributed by atoms with van der Waals surface area (Å²) in [4.78, 5) is 0. The summed E-state index contributed by atoms with van der Waals surface area (Å²) < 4.78 is 5.07. The maximum Gasteiger partial charge on any atom is 0.173 e. The summed E-state index contributed by atoms with van der Waals surface area (Å²) in [7, 11) is 0. The van der Waals surface area contributed by atoms with E-state index in [4.69, 9.17) is 24.5 Å². The van der Waals surface area contributed by atoms with Crippen LogP contribution in [0.1, 0.15) is 25.0 Å². The predicted molar refractivity (Wildman–Crippen MR) is 129 cm³/mol. The Bertz CT molecular complexity index is 635. The molecule has 0 bridgehead atoms. The van der Waals surface area contributed by atoms with Gasteiger partial charge in [-0.2, -0.15) is 0 Å². The van der Waals surface area contributed by atoms with E-state index in [9.17, 15) is 0 Å². The molecule has 1 saturated heterocycles. The highest BCUT2D eigenvalue weighted by molar-refractivity contribution is 8.96. The van der Waals surface area contributed by atoms with Crippen LogP contribution in [0.3, 0.4) is 0 Å². The van der Waals surface area contributed by atoms with E-state index in [0.717, 1.165) is 24.6 Å². The Morgan fingerprint density at radius 2 is 1.04 bits per heavy atom. The summed E-state index contributed by atoms with van der Waals surface area (Å²) in [5.74, 6) is -1.65. The van der Waals surface area contributed by atoms with Crippen LogP contribution in [0, 0.1) is 0 Å². The SMILES string of the molecule is CCS[P+]1([S-])N(Cc2ccccc2)[P+]([S-])(SCC)N1Cc1ccccc1. The Balaban J connectivity index is 1.91. The zero-order valence-corrected chi connectivity index (χ0v) is 20.1. The average Bonchev–Trinajstić information content (AvgIpc) is 2.66. The van der Waals surface area contributed by atoms with Crippen molar-refractivity contribution < 1.29 is 0 Å². The molecule has 0 spiro atoms. The van der Waals surface area contributed by atoms with Crippen LogP contribution in [0.4, 0.5) is 0 Å². The minimum Gasteiger partial charge on any atom is -0.498 e. The molecule has 1 fully saturated rings. The lowest BCUT2D eigenvalue weighted by Gasteiger charge is -2.62. The molecule has 8 heteroatoms. The molecular formula is C18H24N2P2S4. The Kier molecular flexibility index (Phi) is 7.72. The molecule has 0 aliphatic carbocycles. The van der Waals surface area contributed by atoms with Gasteiger partial charge < -0.3 is 24.5 Å². The molecule has 2 aromatic carbocycles.